The van der Waals surface area contributed by atoms with Gasteiger partial charge in [0.2, 0.25) is 0 Å². The van der Waals surface area contributed by atoms with Crippen LogP contribution in [0.2, 0.25) is 0 Å². The Morgan fingerprint density at radius 2 is 1.30 bits per heavy atom. The highest BCUT2D eigenvalue weighted by Gasteiger charge is 2.10. The van der Waals surface area contributed by atoms with Crippen molar-refractivity contribution in [2.45, 2.75) is 109 Å². The molecule has 0 aromatic heterocycles. The number of allylic oxidation sites excluding steroid dienone is 4. The average molecular weight is 462 g/mol. The minimum Gasteiger partial charge on any atom is -0.388 e. The molecule has 0 aliphatic carbocycles. The molecule has 2 nitrogen and oxygen atoms in total. The molecule has 0 radical (unpaired) electrons. The third-order valence-electron chi connectivity index (χ3n) is 4.47. The van der Waals surface area contributed by atoms with Crippen LogP contribution in [0.5, 0.6) is 0 Å². The van der Waals surface area contributed by atoms with E-state index in [-0.39, 0.29) is 0 Å². The lowest BCUT2D eigenvalue weighted by molar-refractivity contribution is 0.135. The van der Waals surface area contributed by atoms with Crippen molar-refractivity contribution in [3.05, 3.63) is 53.6 Å². The maximum absolute atomic E-state index is 5.13. The first-order valence-corrected chi connectivity index (χ1v) is 13.3. The summed E-state index contributed by atoms with van der Waals surface area (Å²) in [5.74, 6) is 0. The van der Waals surface area contributed by atoms with E-state index in [9.17, 15) is 0 Å². The zero-order chi connectivity index (χ0) is 26.8. The lowest BCUT2D eigenvalue weighted by atomic mass is 9.91. The average Bonchev–Trinajstić information content (AvgIpc) is 2.87. The number of benzene rings is 1. The lowest BCUT2D eigenvalue weighted by Crippen LogP contribution is -1.98. The molecule has 2 heteroatoms. The second kappa shape index (κ2) is 28.2. The maximum Gasteiger partial charge on any atom is 0.0463 e. The molecule has 1 N–H and O–H groups in total. The van der Waals surface area contributed by atoms with Crippen LogP contribution in [-0.4, -0.2) is 20.3 Å². The van der Waals surface area contributed by atoms with Crippen molar-refractivity contribution >= 4 is 16.8 Å². The van der Waals surface area contributed by atoms with Crippen LogP contribution in [0.25, 0.3) is 11.1 Å². The Labute approximate surface area is 209 Å². The van der Waals surface area contributed by atoms with Crippen LogP contribution in [-0.2, 0) is 4.74 Å². The first-order valence-electron chi connectivity index (χ1n) is 13.3. The molecule has 0 saturated carbocycles. The highest BCUT2D eigenvalue weighted by Crippen LogP contribution is 2.32. The van der Waals surface area contributed by atoms with E-state index in [4.69, 9.17) is 4.74 Å². The molecule has 0 aliphatic heterocycles. The molecule has 0 bridgehead atoms. The van der Waals surface area contributed by atoms with Crippen molar-refractivity contribution in [2.75, 3.05) is 25.6 Å². The van der Waals surface area contributed by atoms with Crippen molar-refractivity contribution in [3.63, 3.8) is 0 Å². The molecule has 0 amide bonds. The van der Waals surface area contributed by atoms with E-state index in [1.807, 2.05) is 48.6 Å². The molecule has 0 heterocycles. The predicted molar refractivity (Wildman–Crippen MR) is 158 cm³/mol. The largest absolute Gasteiger partial charge is 0.388 e. The second-order valence-electron chi connectivity index (χ2n) is 6.87. The summed E-state index contributed by atoms with van der Waals surface area (Å²) >= 11 is 0. The van der Waals surface area contributed by atoms with Gasteiger partial charge >= 0.3 is 0 Å². The summed E-state index contributed by atoms with van der Waals surface area (Å²) < 4.78 is 5.13. The molecule has 0 spiro atoms. The molecular weight excluding hydrogens is 402 g/mol. The fraction of sp³-hybridized carbons (Fsp3) is 0.613. The van der Waals surface area contributed by atoms with Gasteiger partial charge in [0.1, 0.15) is 0 Å². The summed E-state index contributed by atoms with van der Waals surface area (Å²) in [5, 5.41) is 3.25. The normalized spacial score (nSPS) is 9.73. The SMILES string of the molecule is C=C(C)/C(=C(/C)CC)c1ccc(NC)c(C(=C)CC)c1.CC.CC.CC.CCCOCCC. The van der Waals surface area contributed by atoms with E-state index >= 15 is 0 Å². The monoisotopic (exact) mass is 461 g/mol. The van der Waals surface area contributed by atoms with E-state index in [0.717, 1.165) is 55.7 Å². The highest BCUT2D eigenvalue weighted by molar-refractivity contribution is 5.85. The smallest absolute Gasteiger partial charge is 0.0463 e. The fourth-order valence-corrected chi connectivity index (χ4v) is 2.83. The zero-order valence-electron chi connectivity index (χ0n) is 24.8. The van der Waals surface area contributed by atoms with Crippen LogP contribution in [0, 0.1) is 0 Å². The molecule has 0 aliphatic rings. The minimum atomic E-state index is 0.924. The minimum absolute atomic E-state index is 0.924. The maximum atomic E-state index is 5.13. The van der Waals surface area contributed by atoms with Crippen LogP contribution >= 0.6 is 0 Å². The topological polar surface area (TPSA) is 21.3 Å². The first kappa shape index (κ1) is 38.5. The number of anilines is 1. The van der Waals surface area contributed by atoms with Gasteiger partial charge in [-0.25, -0.2) is 0 Å². The Kier molecular flexibility index (Phi) is 32.9. The summed E-state index contributed by atoms with van der Waals surface area (Å²) in [4.78, 5) is 0. The lowest BCUT2D eigenvalue weighted by Gasteiger charge is -2.16. The van der Waals surface area contributed by atoms with Gasteiger partial charge in [-0.3, -0.25) is 0 Å². The number of hydrogen-bond acceptors (Lipinski definition) is 2. The van der Waals surface area contributed by atoms with E-state index in [1.165, 1.54) is 22.3 Å². The molecule has 1 aromatic carbocycles. The van der Waals surface area contributed by atoms with Gasteiger partial charge in [0.05, 0.1) is 0 Å². The number of hydrogen-bond donors (Lipinski definition) is 1. The quantitative estimate of drug-likeness (QED) is 0.276. The summed E-state index contributed by atoms with van der Waals surface area (Å²) in [7, 11) is 1.95. The van der Waals surface area contributed by atoms with Crippen molar-refractivity contribution in [2.24, 2.45) is 0 Å². The van der Waals surface area contributed by atoms with Crippen molar-refractivity contribution in [3.8, 4) is 0 Å². The van der Waals surface area contributed by atoms with Gasteiger partial charge in [-0.2, -0.15) is 0 Å². The van der Waals surface area contributed by atoms with Crippen molar-refractivity contribution < 1.29 is 4.74 Å². The van der Waals surface area contributed by atoms with E-state index in [0.29, 0.717) is 0 Å². The third kappa shape index (κ3) is 17.4. The van der Waals surface area contributed by atoms with E-state index in [1.54, 1.807) is 0 Å². The molecule has 0 atom stereocenters. The summed E-state index contributed by atoms with van der Waals surface area (Å²) in [5.41, 5.74) is 8.51. The Balaban J connectivity index is -0.000000271. The highest BCUT2D eigenvalue weighted by atomic mass is 16.5. The van der Waals surface area contributed by atoms with Gasteiger partial charge in [-0.1, -0.05) is 99.6 Å². The van der Waals surface area contributed by atoms with Gasteiger partial charge in [-0.15, -0.1) is 0 Å². The molecule has 0 unspecified atom stereocenters. The predicted octanol–water partition coefficient (Wildman–Crippen LogP) is 10.8. The Morgan fingerprint density at radius 3 is 1.64 bits per heavy atom. The van der Waals surface area contributed by atoms with Crippen molar-refractivity contribution in [1.82, 2.24) is 0 Å². The van der Waals surface area contributed by atoms with Gasteiger partial charge in [-0.05, 0) is 68.4 Å². The Bertz CT molecular complexity index is 622. The van der Waals surface area contributed by atoms with Gasteiger partial charge < -0.3 is 10.1 Å². The van der Waals surface area contributed by atoms with Gasteiger partial charge in [0.25, 0.3) is 0 Å². The molecule has 0 saturated heterocycles. The van der Waals surface area contributed by atoms with Gasteiger partial charge in [0, 0.05) is 31.5 Å². The fourth-order valence-electron chi connectivity index (χ4n) is 2.83. The molecule has 0 fully saturated rings. The van der Waals surface area contributed by atoms with E-state index in [2.05, 4.69) is 78.2 Å². The van der Waals surface area contributed by atoms with Gasteiger partial charge in [0.15, 0.2) is 0 Å². The Morgan fingerprint density at radius 1 is 0.818 bits per heavy atom. The Hall–Kier alpha value is -1.80. The zero-order valence-corrected chi connectivity index (χ0v) is 24.8. The summed E-state index contributed by atoms with van der Waals surface area (Å²) in [6.07, 6.45) is 4.27. The molecule has 194 valence electrons. The molecule has 1 rings (SSSR count). The molecule has 33 heavy (non-hydrogen) atoms. The third-order valence-corrected chi connectivity index (χ3v) is 4.47. The van der Waals surface area contributed by atoms with Crippen molar-refractivity contribution in [1.29, 1.82) is 0 Å². The second-order valence-corrected chi connectivity index (χ2v) is 6.87. The van der Waals surface area contributed by atoms with E-state index < -0.39 is 0 Å². The standard InChI is InChI=1S/C19H27N.C6H14O.3C2H6/c1-8-14(5)17-12-16(10-11-18(17)20-7)19(13(3)4)15(6)9-2;1-3-5-7-6-4-2;3*1-2/h10-12,20H,3,5,8-9H2,1-2,4,6-7H3;3-6H2,1-2H3;3*1-2H3/b19-15+;;;;. The molecule has 1 aromatic rings. The van der Waals surface area contributed by atoms with Crippen LogP contribution in [0.1, 0.15) is 120 Å². The number of ether oxygens (including phenoxy) is 1. The number of nitrogens with one attached hydrogen (secondary N) is 1. The molecular formula is C31H59NO. The summed E-state index contributed by atoms with van der Waals surface area (Å²) in [6.45, 7) is 35.0. The van der Waals surface area contributed by atoms with Crippen LogP contribution in [0.4, 0.5) is 5.69 Å². The summed E-state index contributed by atoms with van der Waals surface area (Å²) in [6, 6.07) is 6.54. The van der Waals surface area contributed by atoms with Crippen LogP contribution in [0.15, 0.2) is 42.5 Å². The van der Waals surface area contributed by atoms with Crippen LogP contribution < -0.4 is 5.32 Å². The van der Waals surface area contributed by atoms with Crippen LogP contribution in [0.3, 0.4) is 0 Å². The first-order chi connectivity index (χ1) is 15.9. The number of rotatable bonds is 10.